The van der Waals surface area contributed by atoms with Gasteiger partial charge in [-0.15, -0.1) is 11.3 Å². The topological polar surface area (TPSA) is 109 Å². The first kappa shape index (κ1) is 23.8. The summed E-state index contributed by atoms with van der Waals surface area (Å²) < 4.78 is 3.48. The summed E-state index contributed by atoms with van der Waals surface area (Å²) in [7, 11) is 1.88. The van der Waals surface area contributed by atoms with E-state index >= 15 is 0 Å². The van der Waals surface area contributed by atoms with Gasteiger partial charge in [-0.05, 0) is 51.1 Å². The van der Waals surface area contributed by atoms with Crippen molar-refractivity contribution in [1.29, 1.82) is 0 Å². The highest BCUT2D eigenvalue weighted by Gasteiger charge is 2.47. The van der Waals surface area contributed by atoms with E-state index in [1.165, 1.54) is 30.6 Å². The molecule has 6 rings (SSSR count). The number of likely N-dealkylation sites (tertiary alicyclic amines) is 1. The first-order valence-electron chi connectivity index (χ1n) is 12.6. The van der Waals surface area contributed by atoms with Crippen LogP contribution < -0.4 is 10.6 Å². The number of pyridine rings is 1. The Labute approximate surface area is 218 Å². The van der Waals surface area contributed by atoms with Crippen LogP contribution >= 0.6 is 11.3 Å². The quantitative estimate of drug-likeness (QED) is 0.389. The molecule has 2 amide bonds. The van der Waals surface area contributed by atoms with Gasteiger partial charge < -0.3 is 15.5 Å². The second kappa shape index (κ2) is 9.07. The van der Waals surface area contributed by atoms with E-state index in [2.05, 4.69) is 30.7 Å². The van der Waals surface area contributed by atoms with Crippen molar-refractivity contribution in [3.05, 3.63) is 53.4 Å². The zero-order valence-corrected chi connectivity index (χ0v) is 22.1. The molecule has 4 aromatic heterocycles. The van der Waals surface area contributed by atoms with Gasteiger partial charge in [0.25, 0.3) is 11.8 Å². The van der Waals surface area contributed by atoms with Gasteiger partial charge in [-0.1, -0.05) is 0 Å². The molecule has 2 fully saturated rings. The zero-order valence-electron chi connectivity index (χ0n) is 21.2. The first-order chi connectivity index (χ1) is 17.8. The molecular formula is C26H30N8O2S. The zero-order chi connectivity index (χ0) is 25.7. The lowest BCUT2D eigenvalue weighted by atomic mass is 10.1. The van der Waals surface area contributed by atoms with Crippen LogP contribution in [0, 0.1) is 19.3 Å². The van der Waals surface area contributed by atoms with E-state index in [4.69, 9.17) is 0 Å². The maximum atomic E-state index is 13.2. The van der Waals surface area contributed by atoms with Gasteiger partial charge in [0.15, 0.2) is 0 Å². The third-order valence-electron chi connectivity index (χ3n) is 7.50. The Morgan fingerprint density at radius 3 is 2.68 bits per heavy atom. The van der Waals surface area contributed by atoms with Crippen LogP contribution in [0.5, 0.6) is 0 Å². The van der Waals surface area contributed by atoms with Gasteiger partial charge in [-0.2, -0.15) is 10.2 Å². The van der Waals surface area contributed by atoms with E-state index in [1.807, 2.05) is 26.4 Å². The Balaban J connectivity index is 1.13. The van der Waals surface area contributed by atoms with Crippen molar-refractivity contribution >= 4 is 33.7 Å². The minimum absolute atomic E-state index is 0.189. The monoisotopic (exact) mass is 518 g/mol. The van der Waals surface area contributed by atoms with Crippen LogP contribution in [-0.4, -0.2) is 67.3 Å². The number of fused-ring (bicyclic) bond motifs is 1. The lowest BCUT2D eigenvalue weighted by molar-refractivity contribution is 0.0947. The number of amides is 2. The van der Waals surface area contributed by atoms with Crippen molar-refractivity contribution in [2.45, 2.75) is 33.1 Å². The molecule has 4 aromatic rings. The number of carbonyl (C=O) groups excluding carboxylic acids is 2. The van der Waals surface area contributed by atoms with Gasteiger partial charge in [-0.3, -0.25) is 19.3 Å². The standard InChI is InChI=1S/C26H30N8O2S/c1-16-20(13-32(3)31-16)22-14-34-25(37-22)19(12-29-34)24(36)30-21-10-18(11-28-17(21)2)23(35)27-7-9-33-8-6-26(15-33)4-5-26/h10-14H,4-9,15H2,1-3H3,(H,27,35)(H,30,36). The Morgan fingerprint density at radius 2 is 1.95 bits per heavy atom. The van der Waals surface area contributed by atoms with E-state index in [9.17, 15) is 9.59 Å². The lowest BCUT2D eigenvalue weighted by Gasteiger charge is -2.16. The van der Waals surface area contributed by atoms with Crippen molar-refractivity contribution in [2.75, 3.05) is 31.5 Å². The van der Waals surface area contributed by atoms with Crippen molar-refractivity contribution in [2.24, 2.45) is 12.5 Å². The number of nitrogens with zero attached hydrogens (tertiary/aromatic N) is 6. The third kappa shape index (κ3) is 4.64. The molecule has 11 heteroatoms. The number of carbonyl (C=O) groups is 2. The summed E-state index contributed by atoms with van der Waals surface area (Å²) in [6, 6.07) is 1.68. The van der Waals surface area contributed by atoms with E-state index in [1.54, 1.807) is 34.6 Å². The highest BCUT2D eigenvalue weighted by atomic mass is 32.1. The van der Waals surface area contributed by atoms with Crippen LogP contribution in [0.2, 0.25) is 0 Å². The van der Waals surface area contributed by atoms with Crippen LogP contribution in [0.25, 0.3) is 15.3 Å². The fourth-order valence-corrected chi connectivity index (χ4v) is 6.23. The average molecular weight is 519 g/mol. The largest absolute Gasteiger partial charge is 0.351 e. The molecule has 1 saturated carbocycles. The summed E-state index contributed by atoms with van der Waals surface area (Å²) in [5.41, 5.74) is 4.55. The molecule has 0 unspecified atom stereocenters. The summed E-state index contributed by atoms with van der Waals surface area (Å²) >= 11 is 1.49. The highest BCUT2D eigenvalue weighted by Crippen LogP contribution is 2.52. The Morgan fingerprint density at radius 1 is 1.11 bits per heavy atom. The Kier molecular flexibility index (Phi) is 5.84. The van der Waals surface area contributed by atoms with Crippen LogP contribution in [0.15, 0.2) is 30.9 Å². The first-order valence-corrected chi connectivity index (χ1v) is 13.4. The third-order valence-corrected chi connectivity index (χ3v) is 8.65. The summed E-state index contributed by atoms with van der Waals surface area (Å²) in [6.45, 7) is 7.49. The minimum atomic E-state index is -0.295. The number of hydrogen-bond donors (Lipinski definition) is 2. The predicted octanol–water partition coefficient (Wildman–Crippen LogP) is 3.28. The van der Waals surface area contributed by atoms with E-state index < -0.39 is 0 Å². The van der Waals surface area contributed by atoms with Crippen molar-refractivity contribution in [3.63, 3.8) is 0 Å². The second-order valence-electron chi connectivity index (χ2n) is 10.3. The number of aryl methyl sites for hydroxylation is 3. The summed E-state index contributed by atoms with van der Waals surface area (Å²) in [5, 5.41) is 14.7. The van der Waals surface area contributed by atoms with Gasteiger partial charge in [0.05, 0.1) is 39.3 Å². The number of hydrogen-bond acceptors (Lipinski definition) is 7. The van der Waals surface area contributed by atoms with Crippen molar-refractivity contribution < 1.29 is 9.59 Å². The molecule has 0 radical (unpaired) electrons. The number of anilines is 1. The molecule has 0 bridgehead atoms. The Bertz CT molecular complexity index is 1510. The summed E-state index contributed by atoms with van der Waals surface area (Å²) in [6.07, 6.45) is 11.0. The van der Waals surface area contributed by atoms with Gasteiger partial charge in [0.2, 0.25) is 0 Å². The SMILES string of the molecule is Cc1ncc(C(=O)NCCN2CCC3(CC3)C2)cc1NC(=O)c1cnn2cc(-c3cn(C)nc3C)sc12. The normalized spacial score (nSPS) is 16.5. The Hall–Kier alpha value is -3.57. The summed E-state index contributed by atoms with van der Waals surface area (Å²) in [5.74, 6) is -0.484. The van der Waals surface area contributed by atoms with Gasteiger partial charge in [0, 0.05) is 50.8 Å². The number of thiazole rings is 1. The van der Waals surface area contributed by atoms with Crippen molar-refractivity contribution in [1.82, 2.24) is 34.6 Å². The second-order valence-corrected chi connectivity index (χ2v) is 11.3. The van der Waals surface area contributed by atoms with Gasteiger partial charge in [-0.25, -0.2) is 4.52 Å². The average Bonchev–Trinajstić information content (AvgIpc) is 3.18. The van der Waals surface area contributed by atoms with E-state index in [0.717, 1.165) is 40.6 Å². The number of aromatic nitrogens is 5. The van der Waals surface area contributed by atoms with Crippen LogP contribution in [0.1, 0.15) is 51.4 Å². The maximum Gasteiger partial charge on any atom is 0.260 e. The molecule has 0 aromatic carbocycles. The fourth-order valence-electron chi connectivity index (χ4n) is 5.11. The molecule has 1 aliphatic carbocycles. The molecule has 37 heavy (non-hydrogen) atoms. The molecule has 1 aliphatic heterocycles. The van der Waals surface area contributed by atoms with Crippen LogP contribution in [0.4, 0.5) is 5.69 Å². The van der Waals surface area contributed by atoms with Crippen LogP contribution in [-0.2, 0) is 7.05 Å². The summed E-state index contributed by atoms with van der Waals surface area (Å²) in [4.78, 5) is 34.5. The highest BCUT2D eigenvalue weighted by molar-refractivity contribution is 7.21. The fraction of sp³-hybridized carbons (Fsp3) is 0.423. The van der Waals surface area contributed by atoms with Crippen molar-refractivity contribution in [3.8, 4) is 10.4 Å². The molecule has 1 spiro atoms. The molecular weight excluding hydrogens is 488 g/mol. The van der Waals surface area contributed by atoms with E-state index in [-0.39, 0.29) is 11.8 Å². The van der Waals surface area contributed by atoms with Gasteiger partial charge >= 0.3 is 0 Å². The molecule has 5 heterocycles. The smallest absolute Gasteiger partial charge is 0.260 e. The molecule has 1 saturated heterocycles. The molecule has 10 nitrogen and oxygen atoms in total. The lowest BCUT2D eigenvalue weighted by Crippen LogP contribution is -2.34. The minimum Gasteiger partial charge on any atom is -0.351 e. The van der Waals surface area contributed by atoms with Crippen LogP contribution in [0.3, 0.4) is 0 Å². The molecule has 2 aliphatic rings. The number of rotatable bonds is 7. The van der Waals surface area contributed by atoms with E-state index in [0.29, 0.717) is 34.5 Å². The molecule has 0 atom stereocenters. The maximum absolute atomic E-state index is 13.2. The molecule has 192 valence electrons. The molecule has 2 N–H and O–H groups in total. The van der Waals surface area contributed by atoms with Gasteiger partial charge in [0.1, 0.15) is 4.83 Å². The number of nitrogens with one attached hydrogen (secondary N) is 2. The predicted molar refractivity (Wildman–Crippen MR) is 142 cm³/mol.